The third kappa shape index (κ3) is 3.44. The Kier molecular flexibility index (Phi) is 4.81. The summed E-state index contributed by atoms with van der Waals surface area (Å²) in [5.74, 6) is 1.31. The second-order valence-corrected chi connectivity index (χ2v) is 7.41. The summed E-state index contributed by atoms with van der Waals surface area (Å²) in [6.45, 7) is 2.08. The third-order valence-electron chi connectivity index (χ3n) is 5.38. The fraction of sp³-hybridized carbons (Fsp3) is 0.0800. The molecule has 0 atom stereocenters. The summed E-state index contributed by atoms with van der Waals surface area (Å²) in [4.78, 5) is 17.9. The monoisotopic (exact) mass is 417 g/mol. The van der Waals surface area contributed by atoms with Crippen LogP contribution < -0.4 is 10.6 Å². The van der Waals surface area contributed by atoms with Gasteiger partial charge in [0.25, 0.3) is 0 Å². The largest absolute Gasteiger partial charge is 0.357 e. The molecule has 154 valence electrons. The normalized spacial score (nSPS) is 10.8. The molecular formula is C25H19N7. The van der Waals surface area contributed by atoms with Crippen molar-refractivity contribution in [2.75, 3.05) is 17.7 Å². The summed E-state index contributed by atoms with van der Waals surface area (Å²) in [6.07, 6.45) is 3.39. The number of anilines is 3. The van der Waals surface area contributed by atoms with Crippen LogP contribution in [0.5, 0.6) is 0 Å². The van der Waals surface area contributed by atoms with E-state index in [-0.39, 0.29) is 0 Å². The number of nitrogens with zero attached hydrogens (tertiary/aromatic N) is 5. The van der Waals surface area contributed by atoms with Gasteiger partial charge in [0, 0.05) is 35.3 Å². The van der Waals surface area contributed by atoms with Gasteiger partial charge in [0.05, 0.1) is 22.7 Å². The van der Waals surface area contributed by atoms with Gasteiger partial charge in [0.1, 0.15) is 12.1 Å². The average molecular weight is 417 g/mol. The fourth-order valence-corrected chi connectivity index (χ4v) is 3.77. The molecule has 3 aromatic carbocycles. The predicted octanol–water partition coefficient (Wildman–Crippen LogP) is 5.21. The van der Waals surface area contributed by atoms with Gasteiger partial charge in [0.15, 0.2) is 0 Å². The van der Waals surface area contributed by atoms with E-state index >= 15 is 0 Å². The number of hydrogen-bond acceptors (Lipinski definition) is 7. The molecule has 32 heavy (non-hydrogen) atoms. The highest BCUT2D eigenvalue weighted by molar-refractivity contribution is 6.02. The van der Waals surface area contributed by atoms with Crippen LogP contribution in [0, 0.1) is 18.3 Å². The van der Waals surface area contributed by atoms with E-state index in [0.717, 1.165) is 44.2 Å². The molecule has 0 saturated heterocycles. The van der Waals surface area contributed by atoms with Crippen LogP contribution in [0.2, 0.25) is 0 Å². The lowest BCUT2D eigenvalue weighted by Gasteiger charge is -2.14. The summed E-state index contributed by atoms with van der Waals surface area (Å²) in [6, 6.07) is 19.7. The molecule has 0 bridgehead atoms. The zero-order chi connectivity index (χ0) is 22.1. The number of aromatic nitrogens is 4. The Morgan fingerprint density at radius 1 is 0.938 bits per heavy atom. The first-order chi connectivity index (χ1) is 15.7. The van der Waals surface area contributed by atoms with E-state index in [4.69, 9.17) is 5.26 Å². The molecule has 0 aliphatic heterocycles. The molecule has 0 fully saturated rings. The Balaban J connectivity index is 1.62. The van der Waals surface area contributed by atoms with Crippen molar-refractivity contribution in [3.63, 3.8) is 0 Å². The SMILES string of the molecule is CNc1ncc2cc(-c3c(C)ccc4c(Nc5ccc(C#N)cc5)ncnc34)ccc2n1. The van der Waals surface area contributed by atoms with Crippen molar-refractivity contribution >= 4 is 39.3 Å². The van der Waals surface area contributed by atoms with Gasteiger partial charge in [-0.15, -0.1) is 0 Å². The topological polar surface area (TPSA) is 99.4 Å². The molecule has 0 aliphatic carbocycles. The van der Waals surface area contributed by atoms with Crippen LogP contribution in [-0.4, -0.2) is 27.0 Å². The van der Waals surface area contributed by atoms with Crippen molar-refractivity contribution in [3.8, 4) is 17.2 Å². The summed E-state index contributed by atoms with van der Waals surface area (Å²) in [5.41, 5.74) is 6.42. The molecule has 0 amide bonds. The van der Waals surface area contributed by atoms with Gasteiger partial charge in [-0.05, 0) is 60.5 Å². The van der Waals surface area contributed by atoms with Crippen molar-refractivity contribution in [2.45, 2.75) is 6.92 Å². The highest BCUT2D eigenvalue weighted by Gasteiger charge is 2.13. The van der Waals surface area contributed by atoms with Crippen molar-refractivity contribution in [1.29, 1.82) is 5.26 Å². The number of nitriles is 1. The van der Waals surface area contributed by atoms with E-state index in [1.165, 1.54) is 0 Å². The number of aryl methyl sites for hydroxylation is 1. The van der Waals surface area contributed by atoms with Gasteiger partial charge in [-0.3, -0.25) is 0 Å². The number of fused-ring (bicyclic) bond motifs is 2. The smallest absolute Gasteiger partial charge is 0.222 e. The highest BCUT2D eigenvalue weighted by Crippen LogP contribution is 2.35. The van der Waals surface area contributed by atoms with Crippen LogP contribution >= 0.6 is 0 Å². The van der Waals surface area contributed by atoms with Crippen molar-refractivity contribution < 1.29 is 0 Å². The van der Waals surface area contributed by atoms with Crippen molar-refractivity contribution in [3.05, 3.63) is 78.2 Å². The van der Waals surface area contributed by atoms with Crippen LogP contribution in [0.25, 0.3) is 32.9 Å². The van der Waals surface area contributed by atoms with Crippen LogP contribution in [0.4, 0.5) is 17.5 Å². The number of benzene rings is 3. The molecule has 2 heterocycles. The lowest BCUT2D eigenvalue weighted by molar-refractivity contribution is 1.19. The van der Waals surface area contributed by atoms with Crippen molar-refractivity contribution in [2.24, 2.45) is 0 Å². The molecule has 5 aromatic rings. The molecule has 2 aromatic heterocycles. The molecule has 7 nitrogen and oxygen atoms in total. The molecule has 0 radical (unpaired) electrons. The second-order valence-electron chi connectivity index (χ2n) is 7.41. The maximum atomic E-state index is 9.01. The number of rotatable bonds is 4. The van der Waals surface area contributed by atoms with E-state index in [1.807, 2.05) is 30.5 Å². The van der Waals surface area contributed by atoms with Crippen LogP contribution in [0.1, 0.15) is 11.1 Å². The average Bonchev–Trinajstić information content (AvgIpc) is 2.84. The van der Waals surface area contributed by atoms with E-state index in [9.17, 15) is 0 Å². The van der Waals surface area contributed by atoms with Crippen LogP contribution in [0.15, 0.2) is 67.1 Å². The lowest BCUT2D eigenvalue weighted by atomic mass is 9.96. The predicted molar refractivity (Wildman–Crippen MR) is 127 cm³/mol. The Bertz CT molecular complexity index is 1500. The standard InChI is InChI=1S/C25H19N7/c1-15-3-9-20-23(29-14-30-24(20)31-19-7-4-16(12-26)5-8-19)22(15)17-6-10-21-18(11-17)13-28-25(27-2)32-21/h3-11,13-14H,1-2H3,(H,27,28,32)(H,29,30,31). The van der Waals surface area contributed by atoms with Gasteiger partial charge >= 0.3 is 0 Å². The minimum Gasteiger partial charge on any atom is -0.357 e. The first-order valence-electron chi connectivity index (χ1n) is 10.1. The first-order valence-corrected chi connectivity index (χ1v) is 10.1. The molecule has 0 spiro atoms. The van der Waals surface area contributed by atoms with E-state index < -0.39 is 0 Å². The molecule has 0 aliphatic rings. The second kappa shape index (κ2) is 7.93. The van der Waals surface area contributed by atoms with Crippen LogP contribution in [0.3, 0.4) is 0 Å². The summed E-state index contributed by atoms with van der Waals surface area (Å²) < 4.78 is 0. The minimum atomic E-state index is 0.595. The zero-order valence-corrected chi connectivity index (χ0v) is 17.6. The maximum absolute atomic E-state index is 9.01. The Hall–Kier alpha value is -4.57. The van der Waals surface area contributed by atoms with Gasteiger partial charge in [-0.25, -0.2) is 19.9 Å². The Labute approximate surface area is 184 Å². The van der Waals surface area contributed by atoms with Gasteiger partial charge in [-0.1, -0.05) is 12.1 Å². The number of nitrogens with one attached hydrogen (secondary N) is 2. The third-order valence-corrected chi connectivity index (χ3v) is 5.38. The van der Waals surface area contributed by atoms with Gasteiger partial charge in [-0.2, -0.15) is 5.26 Å². The van der Waals surface area contributed by atoms with Crippen LogP contribution in [-0.2, 0) is 0 Å². The molecule has 0 unspecified atom stereocenters. The van der Waals surface area contributed by atoms with E-state index in [0.29, 0.717) is 17.3 Å². The highest BCUT2D eigenvalue weighted by atomic mass is 15.1. The van der Waals surface area contributed by atoms with Crippen molar-refractivity contribution in [1.82, 2.24) is 19.9 Å². The minimum absolute atomic E-state index is 0.595. The molecular weight excluding hydrogens is 398 g/mol. The summed E-state index contributed by atoms with van der Waals surface area (Å²) >= 11 is 0. The summed E-state index contributed by atoms with van der Waals surface area (Å²) in [5, 5.41) is 17.2. The fourth-order valence-electron chi connectivity index (χ4n) is 3.77. The van der Waals surface area contributed by atoms with Gasteiger partial charge < -0.3 is 10.6 Å². The summed E-state index contributed by atoms with van der Waals surface area (Å²) in [7, 11) is 1.80. The molecule has 2 N–H and O–H groups in total. The number of hydrogen-bond donors (Lipinski definition) is 2. The maximum Gasteiger partial charge on any atom is 0.222 e. The Morgan fingerprint density at radius 2 is 1.78 bits per heavy atom. The molecule has 5 rings (SSSR count). The van der Waals surface area contributed by atoms with E-state index in [2.05, 4.69) is 61.8 Å². The molecule has 0 saturated carbocycles. The van der Waals surface area contributed by atoms with Gasteiger partial charge in [0.2, 0.25) is 5.95 Å². The zero-order valence-electron chi connectivity index (χ0n) is 17.6. The first kappa shape index (κ1) is 19.4. The lowest BCUT2D eigenvalue weighted by Crippen LogP contribution is -1.98. The van der Waals surface area contributed by atoms with E-state index in [1.54, 1.807) is 25.5 Å². The molecule has 7 heteroatoms. The Morgan fingerprint density at radius 3 is 2.56 bits per heavy atom. The quantitative estimate of drug-likeness (QED) is 0.414.